The minimum Gasteiger partial charge on any atom is -0.468 e. The number of aromatic nitrogens is 1. The molecule has 0 spiro atoms. The smallest absolute Gasteiger partial charge is 0.318 e. The van der Waals surface area contributed by atoms with Crippen LogP contribution in [0.1, 0.15) is 18.9 Å². The van der Waals surface area contributed by atoms with Gasteiger partial charge in [0, 0.05) is 18.9 Å². The molecule has 1 unspecified atom stereocenters. The molecule has 0 radical (unpaired) electrons. The largest absolute Gasteiger partial charge is 0.468 e. The molecular formula is C13H18N2O3. The van der Waals surface area contributed by atoms with Crippen molar-refractivity contribution in [3.8, 4) is 0 Å². The summed E-state index contributed by atoms with van der Waals surface area (Å²) in [5.74, 6) is -1.48. The normalized spacial score (nSPS) is 11.7. The molecule has 0 aliphatic carbocycles. The summed E-state index contributed by atoms with van der Waals surface area (Å²) < 4.78 is 4.58. The molecule has 0 aliphatic heterocycles. The van der Waals surface area contributed by atoms with Gasteiger partial charge >= 0.3 is 5.97 Å². The Morgan fingerprint density at radius 1 is 1.39 bits per heavy atom. The first-order chi connectivity index (χ1) is 8.69. The molecule has 0 fully saturated rings. The summed E-state index contributed by atoms with van der Waals surface area (Å²) in [4.78, 5) is 27.0. The molecule has 1 atom stereocenters. The third-order valence-electron chi connectivity index (χ3n) is 2.67. The van der Waals surface area contributed by atoms with Crippen molar-refractivity contribution in [1.29, 1.82) is 0 Å². The van der Waals surface area contributed by atoms with Crippen LogP contribution in [0.3, 0.4) is 0 Å². The summed E-state index contributed by atoms with van der Waals surface area (Å²) in [7, 11) is 1.29. The minimum absolute atomic E-state index is 0.279. The fraction of sp³-hybridized carbons (Fsp3) is 0.462. The lowest BCUT2D eigenvalue weighted by molar-refractivity contribution is -0.150. The number of esters is 1. The van der Waals surface area contributed by atoms with Gasteiger partial charge in [-0.05, 0) is 30.5 Å². The number of carbonyl (C=O) groups is 2. The van der Waals surface area contributed by atoms with E-state index in [1.165, 1.54) is 7.11 Å². The van der Waals surface area contributed by atoms with Gasteiger partial charge in [0.2, 0.25) is 5.91 Å². The Kier molecular flexibility index (Phi) is 5.84. The summed E-state index contributed by atoms with van der Waals surface area (Å²) in [5.41, 5.74) is 1.09. The molecule has 1 rings (SSSR count). The number of methoxy groups -OCH3 is 1. The summed E-state index contributed by atoms with van der Waals surface area (Å²) in [5, 5.41) is 2.74. The van der Waals surface area contributed by atoms with E-state index in [1.807, 2.05) is 12.1 Å². The van der Waals surface area contributed by atoms with Crippen LogP contribution in [0.4, 0.5) is 0 Å². The molecule has 1 aromatic rings. The lowest BCUT2D eigenvalue weighted by Gasteiger charge is -2.12. The van der Waals surface area contributed by atoms with E-state index in [2.05, 4.69) is 15.0 Å². The Labute approximate surface area is 107 Å². The number of carbonyl (C=O) groups excluding carboxylic acids is 2. The van der Waals surface area contributed by atoms with E-state index in [0.29, 0.717) is 19.4 Å². The number of pyridine rings is 1. The standard InChI is InChI=1S/C13H18N2O3/c1-3-11(13(17)18-2)12(16)15-9-6-10-4-7-14-8-5-10/h4-5,7-8,11H,3,6,9H2,1-2H3,(H,15,16). The van der Waals surface area contributed by atoms with E-state index in [9.17, 15) is 9.59 Å². The Hall–Kier alpha value is -1.91. The van der Waals surface area contributed by atoms with Gasteiger partial charge in [0.25, 0.3) is 0 Å². The number of hydrogen-bond acceptors (Lipinski definition) is 4. The summed E-state index contributed by atoms with van der Waals surface area (Å²) in [6, 6.07) is 3.79. The summed E-state index contributed by atoms with van der Waals surface area (Å²) in [6.07, 6.45) is 4.57. The van der Waals surface area contributed by atoms with E-state index in [4.69, 9.17) is 0 Å². The highest BCUT2D eigenvalue weighted by Crippen LogP contribution is 2.05. The van der Waals surface area contributed by atoms with Crippen LogP contribution >= 0.6 is 0 Å². The van der Waals surface area contributed by atoms with Crippen molar-refractivity contribution in [2.24, 2.45) is 5.92 Å². The van der Waals surface area contributed by atoms with Crippen LogP contribution in [0.25, 0.3) is 0 Å². The summed E-state index contributed by atoms with van der Waals surface area (Å²) >= 11 is 0. The van der Waals surface area contributed by atoms with Crippen molar-refractivity contribution < 1.29 is 14.3 Å². The molecule has 0 aliphatic rings. The number of amides is 1. The van der Waals surface area contributed by atoms with Crippen LogP contribution in [0, 0.1) is 5.92 Å². The fourth-order valence-electron chi connectivity index (χ4n) is 1.60. The van der Waals surface area contributed by atoms with Crippen LogP contribution in [-0.4, -0.2) is 30.5 Å². The third kappa shape index (κ3) is 4.16. The van der Waals surface area contributed by atoms with Gasteiger partial charge in [0.15, 0.2) is 0 Å². The topological polar surface area (TPSA) is 68.3 Å². The van der Waals surface area contributed by atoms with Crippen molar-refractivity contribution in [3.05, 3.63) is 30.1 Å². The first-order valence-electron chi connectivity index (χ1n) is 5.93. The molecule has 5 nitrogen and oxygen atoms in total. The Morgan fingerprint density at radius 2 is 2.06 bits per heavy atom. The van der Waals surface area contributed by atoms with Gasteiger partial charge in [-0.2, -0.15) is 0 Å². The number of nitrogens with one attached hydrogen (secondary N) is 1. The third-order valence-corrected chi connectivity index (χ3v) is 2.67. The van der Waals surface area contributed by atoms with E-state index in [-0.39, 0.29) is 5.91 Å². The van der Waals surface area contributed by atoms with Gasteiger partial charge in [-0.15, -0.1) is 0 Å². The van der Waals surface area contributed by atoms with E-state index in [1.54, 1.807) is 19.3 Å². The zero-order valence-electron chi connectivity index (χ0n) is 10.7. The van der Waals surface area contributed by atoms with Gasteiger partial charge in [-0.1, -0.05) is 6.92 Å². The van der Waals surface area contributed by atoms with Crippen molar-refractivity contribution >= 4 is 11.9 Å². The average Bonchev–Trinajstić information content (AvgIpc) is 2.40. The number of hydrogen-bond donors (Lipinski definition) is 1. The van der Waals surface area contributed by atoms with Crippen molar-refractivity contribution in [1.82, 2.24) is 10.3 Å². The SMILES string of the molecule is CCC(C(=O)NCCc1ccncc1)C(=O)OC. The van der Waals surface area contributed by atoms with Gasteiger partial charge in [0.1, 0.15) is 5.92 Å². The number of ether oxygens (including phenoxy) is 1. The molecule has 1 aromatic heterocycles. The van der Waals surface area contributed by atoms with Crippen LogP contribution in [0.15, 0.2) is 24.5 Å². The highest BCUT2D eigenvalue weighted by atomic mass is 16.5. The van der Waals surface area contributed by atoms with Crippen LogP contribution in [0.5, 0.6) is 0 Å². The Bertz CT molecular complexity index is 392. The van der Waals surface area contributed by atoms with E-state index < -0.39 is 11.9 Å². The average molecular weight is 250 g/mol. The molecule has 18 heavy (non-hydrogen) atoms. The zero-order chi connectivity index (χ0) is 13.4. The maximum absolute atomic E-state index is 11.7. The van der Waals surface area contributed by atoms with Crippen LogP contribution in [0.2, 0.25) is 0 Å². The molecule has 98 valence electrons. The molecule has 1 N–H and O–H groups in total. The van der Waals surface area contributed by atoms with E-state index >= 15 is 0 Å². The van der Waals surface area contributed by atoms with Crippen LogP contribution < -0.4 is 5.32 Å². The number of nitrogens with zero attached hydrogens (tertiary/aromatic N) is 1. The highest BCUT2D eigenvalue weighted by Gasteiger charge is 2.24. The first kappa shape index (κ1) is 14.2. The maximum Gasteiger partial charge on any atom is 0.318 e. The van der Waals surface area contributed by atoms with E-state index in [0.717, 1.165) is 5.56 Å². The van der Waals surface area contributed by atoms with Gasteiger partial charge in [-0.3, -0.25) is 14.6 Å². The maximum atomic E-state index is 11.7. The predicted molar refractivity (Wildman–Crippen MR) is 66.7 cm³/mol. The second kappa shape index (κ2) is 7.42. The zero-order valence-corrected chi connectivity index (χ0v) is 10.7. The monoisotopic (exact) mass is 250 g/mol. The quantitative estimate of drug-likeness (QED) is 0.602. The molecular weight excluding hydrogens is 232 g/mol. The Balaban J connectivity index is 2.38. The van der Waals surface area contributed by atoms with Crippen LogP contribution in [-0.2, 0) is 20.7 Å². The molecule has 0 aromatic carbocycles. The van der Waals surface area contributed by atoms with Crippen molar-refractivity contribution in [2.75, 3.05) is 13.7 Å². The molecule has 1 amide bonds. The second-order valence-electron chi connectivity index (χ2n) is 3.88. The lowest BCUT2D eigenvalue weighted by Crippen LogP contribution is -2.36. The predicted octanol–water partition coefficient (Wildman–Crippen LogP) is 0.939. The minimum atomic E-state index is -0.715. The molecule has 0 bridgehead atoms. The van der Waals surface area contributed by atoms with Crippen molar-refractivity contribution in [2.45, 2.75) is 19.8 Å². The Morgan fingerprint density at radius 3 is 2.61 bits per heavy atom. The molecule has 5 heteroatoms. The van der Waals surface area contributed by atoms with Gasteiger partial charge in [0.05, 0.1) is 7.11 Å². The molecule has 1 heterocycles. The van der Waals surface area contributed by atoms with Gasteiger partial charge in [-0.25, -0.2) is 0 Å². The summed E-state index contributed by atoms with van der Waals surface area (Å²) in [6.45, 7) is 2.28. The molecule has 0 saturated carbocycles. The second-order valence-corrected chi connectivity index (χ2v) is 3.88. The lowest BCUT2D eigenvalue weighted by atomic mass is 10.1. The highest BCUT2D eigenvalue weighted by molar-refractivity contribution is 5.97. The van der Waals surface area contributed by atoms with Crippen molar-refractivity contribution in [3.63, 3.8) is 0 Å². The molecule has 0 saturated heterocycles. The van der Waals surface area contributed by atoms with Gasteiger partial charge < -0.3 is 10.1 Å². The number of rotatable bonds is 6. The first-order valence-corrected chi connectivity index (χ1v) is 5.93. The fourth-order valence-corrected chi connectivity index (χ4v) is 1.60.